The highest BCUT2D eigenvalue weighted by atomic mass is 16.5. The van der Waals surface area contributed by atoms with E-state index in [9.17, 15) is 4.79 Å². The van der Waals surface area contributed by atoms with E-state index in [-0.39, 0.29) is 5.91 Å². The topological polar surface area (TPSA) is 64.4 Å². The van der Waals surface area contributed by atoms with Gasteiger partial charge in [-0.05, 0) is 50.5 Å². The standard InChI is InChI=1S/C22H22N2O3/c1-13-18(14(2)27-24-13)12-22(3)19-10-6-9-17(20(19)23-21(22)25)15-7-5-8-16(11-15)26-4/h5-11H,12H2,1-4H3,(H,23,25). The fourth-order valence-electron chi connectivity index (χ4n) is 3.84. The number of hydrogen-bond acceptors (Lipinski definition) is 4. The molecule has 1 N–H and O–H groups in total. The van der Waals surface area contributed by atoms with Gasteiger partial charge < -0.3 is 14.6 Å². The van der Waals surface area contributed by atoms with Gasteiger partial charge in [-0.3, -0.25) is 4.79 Å². The number of fused-ring (bicyclic) bond motifs is 1. The third-order valence-corrected chi connectivity index (χ3v) is 5.49. The smallest absolute Gasteiger partial charge is 0.235 e. The number of carbonyl (C=O) groups is 1. The molecule has 0 saturated carbocycles. The molecule has 0 spiro atoms. The molecule has 0 saturated heterocycles. The minimum Gasteiger partial charge on any atom is -0.497 e. The Labute approximate surface area is 158 Å². The second kappa shape index (κ2) is 6.27. The maximum absolute atomic E-state index is 13.0. The highest BCUT2D eigenvalue weighted by molar-refractivity contribution is 6.09. The molecule has 5 nitrogen and oxygen atoms in total. The van der Waals surface area contributed by atoms with Gasteiger partial charge in [0, 0.05) is 11.1 Å². The van der Waals surface area contributed by atoms with Crippen LogP contribution < -0.4 is 10.1 Å². The Morgan fingerprint density at radius 3 is 2.67 bits per heavy atom. The van der Waals surface area contributed by atoms with Gasteiger partial charge in [0.2, 0.25) is 5.91 Å². The number of para-hydroxylation sites is 1. The zero-order chi connectivity index (χ0) is 19.2. The summed E-state index contributed by atoms with van der Waals surface area (Å²) in [6.07, 6.45) is 0.550. The minimum absolute atomic E-state index is 0.00662. The molecule has 27 heavy (non-hydrogen) atoms. The number of amides is 1. The van der Waals surface area contributed by atoms with Crippen molar-refractivity contribution < 1.29 is 14.1 Å². The van der Waals surface area contributed by atoms with Gasteiger partial charge in [-0.15, -0.1) is 0 Å². The van der Waals surface area contributed by atoms with Crippen LogP contribution >= 0.6 is 0 Å². The SMILES string of the molecule is COc1cccc(-c2cccc3c2NC(=O)C3(C)Cc2c(C)noc2C)c1. The molecular formula is C22H22N2O3. The first-order valence-electron chi connectivity index (χ1n) is 8.95. The molecule has 1 amide bonds. The summed E-state index contributed by atoms with van der Waals surface area (Å²) in [4.78, 5) is 13.0. The van der Waals surface area contributed by atoms with Crippen LogP contribution in [0.15, 0.2) is 47.0 Å². The average Bonchev–Trinajstić information content (AvgIpc) is 3.12. The van der Waals surface area contributed by atoms with Crippen molar-refractivity contribution in [1.29, 1.82) is 0 Å². The van der Waals surface area contributed by atoms with Crippen LogP contribution in [0.2, 0.25) is 0 Å². The number of aryl methyl sites for hydroxylation is 2. The highest BCUT2D eigenvalue weighted by Crippen LogP contribution is 2.45. The summed E-state index contributed by atoms with van der Waals surface area (Å²) in [6, 6.07) is 13.9. The molecule has 2 aromatic carbocycles. The third kappa shape index (κ3) is 2.70. The van der Waals surface area contributed by atoms with E-state index in [0.29, 0.717) is 6.42 Å². The third-order valence-electron chi connectivity index (χ3n) is 5.49. The predicted octanol–water partition coefficient (Wildman–Crippen LogP) is 4.42. The molecule has 0 fully saturated rings. The van der Waals surface area contributed by atoms with Gasteiger partial charge in [-0.2, -0.15) is 0 Å². The van der Waals surface area contributed by atoms with Crippen LogP contribution in [-0.2, 0) is 16.6 Å². The van der Waals surface area contributed by atoms with Crippen LogP contribution in [0.1, 0.15) is 29.5 Å². The Morgan fingerprint density at radius 2 is 1.96 bits per heavy atom. The number of hydrogen-bond donors (Lipinski definition) is 1. The fraction of sp³-hybridized carbons (Fsp3) is 0.273. The highest BCUT2D eigenvalue weighted by Gasteiger charge is 2.44. The van der Waals surface area contributed by atoms with E-state index in [1.165, 1.54) is 0 Å². The Kier molecular flexibility index (Phi) is 4.02. The largest absolute Gasteiger partial charge is 0.497 e. The quantitative estimate of drug-likeness (QED) is 0.746. The van der Waals surface area contributed by atoms with E-state index in [2.05, 4.69) is 10.5 Å². The van der Waals surface area contributed by atoms with Gasteiger partial charge in [0.25, 0.3) is 0 Å². The summed E-state index contributed by atoms with van der Waals surface area (Å²) in [5.74, 6) is 1.54. The summed E-state index contributed by atoms with van der Waals surface area (Å²) >= 11 is 0. The lowest BCUT2D eigenvalue weighted by Crippen LogP contribution is -2.33. The van der Waals surface area contributed by atoms with Crippen molar-refractivity contribution in [1.82, 2.24) is 5.16 Å². The van der Waals surface area contributed by atoms with E-state index < -0.39 is 5.41 Å². The first-order valence-corrected chi connectivity index (χ1v) is 8.95. The number of methoxy groups -OCH3 is 1. The molecule has 138 valence electrons. The molecule has 1 atom stereocenters. The van der Waals surface area contributed by atoms with Crippen molar-refractivity contribution in [2.75, 3.05) is 12.4 Å². The van der Waals surface area contributed by atoms with Crippen LogP contribution in [0.3, 0.4) is 0 Å². The molecule has 1 aliphatic heterocycles. The van der Waals surface area contributed by atoms with Gasteiger partial charge in [0.15, 0.2) is 0 Å². The summed E-state index contributed by atoms with van der Waals surface area (Å²) < 4.78 is 10.6. The van der Waals surface area contributed by atoms with Crippen LogP contribution in [0.25, 0.3) is 11.1 Å². The Bertz CT molecular complexity index is 1020. The molecule has 4 rings (SSSR count). The number of carbonyl (C=O) groups excluding carboxylic acids is 1. The lowest BCUT2D eigenvalue weighted by molar-refractivity contribution is -0.120. The lowest BCUT2D eigenvalue weighted by Gasteiger charge is -2.22. The Hall–Kier alpha value is -3.08. The van der Waals surface area contributed by atoms with Gasteiger partial charge >= 0.3 is 0 Å². The number of nitrogens with zero attached hydrogens (tertiary/aromatic N) is 1. The predicted molar refractivity (Wildman–Crippen MR) is 104 cm³/mol. The van der Waals surface area contributed by atoms with Crippen molar-refractivity contribution in [2.24, 2.45) is 0 Å². The van der Waals surface area contributed by atoms with Crippen LogP contribution in [0.5, 0.6) is 5.75 Å². The maximum atomic E-state index is 13.0. The summed E-state index contributed by atoms with van der Waals surface area (Å²) in [5.41, 5.74) is 5.00. The summed E-state index contributed by atoms with van der Waals surface area (Å²) in [6.45, 7) is 5.78. The van der Waals surface area contributed by atoms with Crippen LogP contribution in [-0.4, -0.2) is 18.2 Å². The molecule has 0 radical (unpaired) electrons. The van der Waals surface area contributed by atoms with Gasteiger partial charge in [-0.25, -0.2) is 0 Å². The second-order valence-corrected chi connectivity index (χ2v) is 7.23. The van der Waals surface area contributed by atoms with Crippen molar-refractivity contribution in [3.05, 3.63) is 65.0 Å². The molecule has 0 bridgehead atoms. The molecule has 0 aliphatic carbocycles. The summed E-state index contributed by atoms with van der Waals surface area (Å²) in [5, 5.41) is 7.15. The van der Waals surface area contributed by atoms with Crippen molar-refractivity contribution in [3.8, 4) is 16.9 Å². The normalized spacial score (nSPS) is 18.3. The zero-order valence-electron chi connectivity index (χ0n) is 15.9. The molecule has 1 aliphatic rings. The van der Waals surface area contributed by atoms with Gasteiger partial charge in [-0.1, -0.05) is 35.5 Å². The molecule has 3 aromatic rings. The fourth-order valence-corrected chi connectivity index (χ4v) is 3.84. The van der Waals surface area contributed by atoms with Crippen molar-refractivity contribution in [2.45, 2.75) is 32.6 Å². The molecule has 5 heteroatoms. The number of anilines is 1. The maximum Gasteiger partial charge on any atom is 0.235 e. The number of benzene rings is 2. The lowest BCUT2D eigenvalue weighted by atomic mass is 9.77. The van der Waals surface area contributed by atoms with Gasteiger partial charge in [0.1, 0.15) is 11.5 Å². The number of aromatic nitrogens is 1. The summed E-state index contributed by atoms with van der Waals surface area (Å²) in [7, 11) is 1.65. The first kappa shape index (κ1) is 17.3. The van der Waals surface area contributed by atoms with E-state index in [0.717, 1.165) is 45.1 Å². The van der Waals surface area contributed by atoms with Crippen LogP contribution in [0, 0.1) is 13.8 Å². The molecule has 2 heterocycles. The number of rotatable bonds is 4. The number of ether oxygens (including phenoxy) is 1. The molecule has 1 unspecified atom stereocenters. The van der Waals surface area contributed by atoms with E-state index >= 15 is 0 Å². The second-order valence-electron chi connectivity index (χ2n) is 7.23. The Morgan fingerprint density at radius 1 is 1.19 bits per heavy atom. The Balaban J connectivity index is 1.82. The molecule has 1 aromatic heterocycles. The number of nitrogens with one attached hydrogen (secondary N) is 1. The van der Waals surface area contributed by atoms with E-state index in [1.807, 2.05) is 63.2 Å². The first-order chi connectivity index (χ1) is 12.9. The van der Waals surface area contributed by atoms with Crippen molar-refractivity contribution in [3.63, 3.8) is 0 Å². The van der Waals surface area contributed by atoms with Gasteiger partial charge in [0.05, 0.1) is 23.9 Å². The average molecular weight is 362 g/mol. The monoisotopic (exact) mass is 362 g/mol. The van der Waals surface area contributed by atoms with Crippen LogP contribution in [0.4, 0.5) is 5.69 Å². The van der Waals surface area contributed by atoms with E-state index in [1.54, 1.807) is 7.11 Å². The van der Waals surface area contributed by atoms with Crippen molar-refractivity contribution >= 4 is 11.6 Å². The molecular weight excluding hydrogens is 340 g/mol. The zero-order valence-corrected chi connectivity index (χ0v) is 15.9. The van der Waals surface area contributed by atoms with E-state index in [4.69, 9.17) is 9.26 Å². The minimum atomic E-state index is -0.675.